The lowest BCUT2D eigenvalue weighted by Crippen LogP contribution is -2.47. The van der Waals surface area contributed by atoms with Crippen LogP contribution in [0.5, 0.6) is 0 Å². The average Bonchev–Trinajstić information content (AvgIpc) is 3.33. The Balaban J connectivity index is 1.37. The van der Waals surface area contributed by atoms with Crippen molar-refractivity contribution in [3.63, 3.8) is 0 Å². The number of nitrogens with zero attached hydrogens (tertiary/aromatic N) is 3. The van der Waals surface area contributed by atoms with Gasteiger partial charge >= 0.3 is 0 Å². The van der Waals surface area contributed by atoms with Gasteiger partial charge in [0.1, 0.15) is 0 Å². The minimum absolute atomic E-state index is 0.0803. The van der Waals surface area contributed by atoms with Crippen LogP contribution in [0.3, 0.4) is 0 Å². The van der Waals surface area contributed by atoms with Crippen LogP contribution < -0.4 is 4.90 Å². The molecule has 3 heterocycles. The first-order valence-electron chi connectivity index (χ1n) is 8.79. The summed E-state index contributed by atoms with van der Waals surface area (Å²) in [6.07, 6.45) is 4.24. The van der Waals surface area contributed by atoms with Crippen molar-refractivity contribution in [1.29, 1.82) is 0 Å². The Kier molecular flexibility index (Phi) is 4.21. The highest BCUT2D eigenvalue weighted by atomic mass is 16.5. The third kappa shape index (κ3) is 3.14. The molecular formula is C19H23N3O3. The van der Waals surface area contributed by atoms with E-state index in [-0.39, 0.29) is 11.5 Å². The third-order valence-corrected chi connectivity index (χ3v) is 5.51. The van der Waals surface area contributed by atoms with Gasteiger partial charge in [0.25, 0.3) is 5.91 Å². The predicted molar refractivity (Wildman–Crippen MR) is 93.6 cm³/mol. The minimum atomic E-state index is -0.105. The summed E-state index contributed by atoms with van der Waals surface area (Å²) in [6.45, 7) is 2.13. The second-order valence-corrected chi connectivity index (χ2v) is 6.97. The van der Waals surface area contributed by atoms with Crippen LogP contribution in [-0.4, -0.2) is 54.4 Å². The van der Waals surface area contributed by atoms with Gasteiger partial charge < -0.3 is 19.1 Å². The summed E-state index contributed by atoms with van der Waals surface area (Å²) in [5, 5.41) is 3.61. The molecule has 6 nitrogen and oxygen atoms in total. The number of aromatic nitrogens is 1. The molecule has 0 aliphatic carbocycles. The summed E-state index contributed by atoms with van der Waals surface area (Å²) in [5.41, 5.74) is 1.11. The smallest absolute Gasteiger partial charge is 0.292 e. The summed E-state index contributed by atoms with van der Waals surface area (Å²) in [6, 6.07) is 12.4. The maximum Gasteiger partial charge on any atom is 0.292 e. The van der Waals surface area contributed by atoms with Gasteiger partial charge in [0.15, 0.2) is 0 Å². The Morgan fingerprint density at radius 1 is 1.24 bits per heavy atom. The van der Waals surface area contributed by atoms with Crippen LogP contribution in [-0.2, 0) is 4.74 Å². The van der Waals surface area contributed by atoms with Gasteiger partial charge in [-0.15, -0.1) is 0 Å². The molecule has 0 radical (unpaired) electrons. The van der Waals surface area contributed by atoms with Crippen molar-refractivity contribution in [1.82, 2.24) is 10.1 Å². The second-order valence-electron chi connectivity index (χ2n) is 6.97. The molecule has 2 aliphatic heterocycles. The molecule has 25 heavy (non-hydrogen) atoms. The lowest BCUT2D eigenvalue weighted by Gasteiger charge is -2.38. The highest BCUT2D eigenvalue weighted by Gasteiger charge is 2.44. The van der Waals surface area contributed by atoms with Crippen molar-refractivity contribution >= 4 is 11.6 Å². The second kappa shape index (κ2) is 6.52. The molecular weight excluding hydrogens is 318 g/mol. The maximum absolute atomic E-state index is 12.4. The van der Waals surface area contributed by atoms with Gasteiger partial charge in [-0.1, -0.05) is 23.4 Å². The van der Waals surface area contributed by atoms with E-state index in [0.717, 1.165) is 25.9 Å². The summed E-state index contributed by atoms with van der Waals surface area (Å²) >= 11 is 0. The van der Waals surface area contributed by atoms with E-state index in [1.54, 1.807) is 6.07 Å². The molecule has 6 heteroatoms. The molecule has 2 saturated heterocycles. The monoisotopic (exact) mass is 341 g/mol. The number of carbonyl (C=O) groups excluding carboxylic acids is 1. The number of hydrogen-bond donors (Lipinski definition) is 0. The Morgan fingerprint density at radius 2 is 2.00 bits per heavy atom. The Bertz CT molecular complexity index is 709. The van der Waals surface area contributed by atoms with Gasteiger partial charge in [0.05, 0.1) is 24.4 Å². The Hall–Kier alpha value is -2.34. The van der Waals surface area contributed by atoms with E-state index in [9.17, 15) is 4.79 Å². The fourth-order valence-corrected chi connectivity index (χ4v) is 3.89. The quantitative estimate of drug-likeness (QED) is 0.859. The lowest BCUT2D eigenvalue weighted by molar-refractivity contribution is -0.0393. The van der Waals surface area contributed by atoms with E-state index in [4.69, 9.17) is 9.26 Å². The molecule has 0 bridgehead atoms. The van der Waals surface area contributed by atoms with Gasteiger partial charge in [-0.05, 0) is 31.4 Å². The number of likely N-dealkylation sites (tertiary alicyclic amines) is 1. The van der Waals surface area contributed by atoms with Crippen molar-refractivity contribution in [2.75, 3.05) is 31.6 Å². The summed E-state index contributed by atoms with van der Waals surface area (Å²) in [5.74, 6) is 0.230. The van der Waals surface area contributed by atoms with Crippen molar-refractivity contribution in [2.45, 2.75) is 30.9 Å². The number of para-hydroxylation sites is 1. The normalized spacial score (nSPS) is 22.3. The van der Waals surface area contributed by atoms with Crippen LogP contribution >= 0.6 is 0 Å². The first-order chi connectivity index (χ1) is 12.2. The molecule has 1 aromatic heterocycles. The number of hydrogen-bond acceptors (Lipinski definition) is 5. The Morgan fingerprint density at radius 3 is 2.68 bits per heavy atom. The SMILES string of the molecule is CN(c1ccccc1)[C@H]1COC2(CCN(C(=O)c3ccno3)CC2)C1. The number of benzene rings is 1. The number of anilines is 1. The largest absolute Gasteiger partial charge is 0.373 e. The van der Waals surface area contributed by atoms with E-state index < -0.39 is 0 Å². The zero-order chi connectivity index (χ0) is 17.3. The van der Waals surface area contributed by atoms with E-state index >= 15 is 0 Å². The van der Waals surface area contributed by atoms with Crippen LogP contribution in [0, 0.1) is 0 Å². The number of piperidine rings is 1. The molecule has 1 spiro atoms. The minimum Gasteiger partial charge on any atom is -0.373 e. The lowest BCUT2D eigenvalue weighted by atomic mass is 9.87. The van der Waals surface area contributed by atoms with Crippen LogP contribution in [0.15, 0.2) is 47.1 Å². The predicted octanol–water partition coefficient (Wildman–Crippen LogP) is 2.57. The van der Waals surface area contributed by atoms with Crippen molar-refractivity contribution < 1.29 is 14.1 Å². The molecule has 4 rings (SSSR count). The zero-order valence-electron chi connectivity index (χ0n) is 14.4. The van der Waals surface area contributed by atoms with Gasteiger partial charge in [-0.3, -0.25) is 4.79 Å². The van der Waals surface area contributed by atoms with Crippen molar-refractivity contribution in [3.8, 4) is 0 Å². The van der Waals surface area contributed by atoms with Crippen LogP contribution in [0.2, 0.25) is 0 Å². The molecule has 132 valence electrons. The van der Waals surface area contributed by atoms with Crippen LogP contribution in [0.4, 0.5) is 5.69 Å². The Labute approximate surface area is 147 Å². The fourth-order valence-electron chi connectivity index (χ4n) is 3.89. The van der Waals surface area contributed by atoms with E-state index in [2.05, 4.69) is 41.4 Å². The molecule has 0 unspecified atom stereocenters. The number of rotatable bonds is 3. The topological polar surface area (TPSA) is 58.8 Å². The molecule has 0 saturated carbocycles. The third-order valence-electron chi connectivity index (χ3n) is 5.51. The van der Waals surface area contributed by atoms with Crippen LogP contribution in [0.1, 0.15) is 29.8 Å². The molecule has 1 aromatic carbocycles. The summed E-state index contributed by atoms with van der Waals surface area (Å²) < 4.78 is 11.2. The zero-order valence-corrected chi connectivity index (χ0v) is 14.4. The van der Waals surface area contributed by atoms with E-state index in [0.29, 0.717) is 24.9 Å². The standard InChI is InChI=1S/C19H23N3O3/c1-21(15-5-3-2-4-6-15)16-13-19(24-14-16)8-11-22(12-9-19)18(23)17-7-10-20-25-17/h2-7,10,16H,8-9,11-14H2,1H3/t16-/m1/s1. The van der Waals surface area contributed by atoms with Crippen molar-refractivity contribution in [2.24, 2.45) is 0 Å². The molecule has 1 amide bonds. The van der Waals surface area contributed by atoms with Crippen LogP contribution in [0.25, 0.3) is 0 Å². The van der Waals surface area contributed by atoms with Gasteiger partial charge in [-0.25, -0.2) is 0 Å². The number of carbonyl (C=O) groups is 1. The molecule has 2 aliphatic rings. The molecule has 2 fully saturated rings. The van der Waals surface area contributed by atoms with E-state index in [1.165, 1.54) is 11.9 Å². The summed E-state index contributed by atoms with van der Waals surface area (Å²) in [4.78, 5) is 16.5. The summed E-state index contributed by atoms with van der Waals surface area (Å²) in [7, 11) is 2.13. The highest BCUT2D eigenvalue weighted by Crippen LogP contribution is 2.38. The number of likely N-dealkylation sites (N-methyl/N-ethyl adjacent to an activating group) is 1. The first kappa shape index (κ1) is 16.1. The van der Waals surface area contributed by atoms with E-state index in [1.807, 2.05) is 11.0 Å². The van der Waals surface area contributed by atoms with Gasteiger partial charge in [0.2, 0.25) is 5.76 Å². The highest BCUT2D eigenvalue weighted by molar-refractivity contribution is 5.91. The maximum atomic E-state index is 12.4. The first-order valence-corrected chi connectivity index (χ1v) is 8.79. The average molecular weight is 341 g/mol. The number of ether oxygens (including phenoxy) is 1. The van der Waals surface area contributed by atoms with Gasteiger partial charge in [-0.2, -0.15) is 0 Å². The molecule has 1 atom stereocenters. The molecule has 2 aromatic rings. The van der Waals surface area contributed by atoms with Crippen molar-refractivity contribution in [3.05, 3.63) is 48.4 Å². The molecule has 0 N–H and O–H groups in total. The van der Waals surface area contributed by atoms with Gasteiger partial charge in [0, 0.05) is 31.9 Å². The number of amides is 1. The fraction of sp³-hybridized carbons (Fsp3) is 0.474.